The Morgan fingerprint density at radius 1 is 1.11 bits per heavy atom. The maximum Gasteiger partial charge on any atom is 0.295 e. The highest BCUT2D eigenvalue weighted by Gasteiger charge is 2.46. The number of ketones is 1. The van der Waals surface area contributed by atoms with Gasteiger partial charge >= 0.3 is 0 Å². The largest absolute Gasteiger partial charge is 0.507 e. The molecule has 190 valence electrons. The Morgan fingerprint density at radius 2 is 1.83 bits per heavy atom. The average molecular weight is 491 g/mol. The highest BCUT2D eigenvalue weighted by Crippen LogP contribution is 2.40. The van der Waals surface area contributed by atoms with Crippen LogP contribution in [-0.4, -0.2) is 72.6 Å². The van der Waals surface area contributed by atoms with Crippen LogP contribution in [0.15, 0.2) is 60.7 Å². The number of aliphatic hydroxyl groups excluding tert-OH is 1. The molecule has 0 bridgehead atoms. The van der Waals surface area contributed by atoms with Gasteiger partial charge in [-0.1, -0.05) is 42.5 Å². The lowest BCUT2D eigenvalue weighted by Gasteiger charge is -2.29. The lowest BCUT2D eigenvalue weighted by Crippen LogP contribution is -2.38. The Bertz CT molecular complexity index is 1150. The maximum absolute atomic E-state index is 13.3. The van der Waals surface area contributed by atoms with Gasteiger partial charge in [0.15, 0.2) is 0 Å². The summed E-state index contributed by atoms with van der Waals surface area (Å²) >= 11 is 0. The molecule has 36 heavy (non-hydrogen) atoms. The van der Waals surface area contributed by atoms with Gasteiger partial charge in [-0.15, -0.1) is 0 Å². The summed E-state index contributed by atoms with van der Waals surface area (Å²) in [5.41, 5.74) is 3.24. The molecule has 0 aromatic heterocycles. The van der Waals surface area contributed by atoms with Crippen molar-refractivity contribution in [2.45, 2.75) is 26.3 Å². The molecule has 7 heteroatoms. The smallest absolute Gasteiger partial charge is 0.295 e. The summed E-state index contributed by atoms with van der Waals surface area (Å²) in [7, 11) is 0. The third-order valence-electron chi connectivity index (χ3n) is 6.73. The number of carbonyl (C=O) groups excluding carboxylic acids is 2. The molecule has 2 aliphatic heterocycles. The number of amides is 1. The third-order valence-corrected chi connectivity index (χ3v) is 6.73. The lowest BCUT2D eigenvalue weighted by atomic mass is 9.93. The van der Waals surface area contributed by atoms with Crippen molar-refractivity contribution >= 4 is 17.4 Å². The van der Waals surface area contributed by atoms with E-state index in [-0.39, 0.29) is 11.3 Å². The van der Waals surface area contributed by atoms with Gasteiger partial charge in [-0.3, -0.25) is 14.5 Å². The van der Waals surface area contributed by atoms with Crippen LogP contribution in [0, 0.1) is 13.8 Å². The second-order valence-electron chi connectivity index (χ2n) is 9.29. The molecule has 0 radical (unpaired) electrons. The monoisotopic (exact) mass is 490 g/mol. The van der Waals surface area contributed by atoms with Gasteiger partial charge in [0.25, 0.3) is 11.7 Å². The molecular weight excluding hydrogens is 456 g/mol. The molecule has 0 saturated carbocycles. The van der Waals surface area contributed by atoms with Gasteiger partial charge < -0.3 is 19.5 Å². The molecule has 2 fully saturated rings. The molecule has 2 saturated heterocycles. The van der Waals surface area contributed by atoms with E-state index in [1.54, 1.807) is 11.0 Å². The van der Waals surface area contributed by atoms with Gasteiger partial charge in [0, 0.05) is 31.7 Å². The van der Waals surface area contributed by atoms with Crippen molar-refractivity contribution in [3.63, 3.8) is 0 Å². The van der Waals surface area contributed by atoms with E-state index < -0.39 is 17.7 Å². The number of benzene rings is 2. The number of likely N-dealkylation sites (tertiary alicyclic amines) is 1. The highest BCUT2D eigenvalue weighted by molar-refractivity contribution is 6.46. The first-order valence-electron chi connectivity index (χ1n) is 12.4. The Morgan fingerprint density at radius 3 is 2.53 bits per heavy atom. The second-order valence-corrected chi connectivity index (χ2v) is 9.29. The fourth-order valence-corrected chi connectivity index (χ4v) is 4.78. The SMILES string of the molecule is C=CCOc1ccc(C2/C(=C(\O)c3cc(C)ccc3C)C(=O)C(=O)N2CCCN2CCOCC2)cc1. The van der Waals surface area contributed by atoms with Gasteiger partial charge in [0.1, 0.15) is 18.1 Å². The molecule has 4 rings (SSSR count). The van der Waals surface area contributed by atoms with Crippen molar-refractivity contribution in [2.24, 2.45) is 0 Å². The molecule has 2 aromatic carbocycles. The molecule has 1 amide bonds. The zero-order valence-corrected chi connectivity index (χ0v) is 21.0. The number of Topliss-reactive ketones (excluding diaryl/α,β-unsaturated/α-hetero) is 1. The Balaban J connectivity index is 1.69. The molecule has 2 aromatic rings. The van der Waals surface area contributed by atoms with E-state index >= 15 is 0 Å². The third kappa shape index (κ3) is 5.53. The predicted molar refractivity (Wildman–Crippen MR) is 139 cm³/mol. The van der Waals surface area contributed by atoms with E-state index in [0.717, 1.165) is 36.3 Å². The molecule has 0 aliphatic carbocycles. The van der Waals surface area contributed by atoms with Crippen LogP contribution in [0.25, 0.3) is 5.76 Å². The van der Waals surface area contributed by atoms with Crippen LogP contribution in [0.1, 0.15) is 34.7 Å². The Labute approximate surface area is 212 Å². The number of nitrogens with zero attached hydrogens (tertiary/aromatic N) is 2. The molecule has 2 heterocycles. The van der Waals surface area contributed by atoms with E-state index in [1.165, 1.54) is 0 Å². The average Bonchev–Trinajstić information content (AvgIpc) is 3.14. The normalized spacial score (nSPS) is 20.1. The van der Waals surface area contributed by atoms with Crippen molar-refractivity contribution in [1.82, 2.24) is 9.80 Å². The molecule has 1 atom stereocenters. The van der Waals surface area contributed by atoms with E-state index in [0.29, 0.717) is 44.1 Å². The van der Waals surface area contributed by atoms with Gasteiger partial charge in [-0.25, -0.2) is 0 Å². The number of carbonyl (C=O) groups is 2. The van der Waals surface area contributed by atoms with E-state index in [4.69, 9.17) is 9.47 Å². The zero-order chi connectivity index (χ0) is 25.7. The van der Waals surface area contributed by atoms with Crippen LogP contribution in [0.2, 0.25) is 0 Å². The van der Waals surface area contributed by atoms with Crippen LogP contribution in [0.4, 0.5) is 0 Å². The van der Waals surface area contributed by atoms with Crippen molar-refractivity contribution in [3.05, 3.63) is 82.9 Å². The predicted octanol–water partition coefficient (Wildman–Crippen LogP) is 4.01. The zero-order valence-electron chi connectivity index (χ0n) is 21.0. The number of morpholine rings is 1. The summed E-state index contributed by atoms with van der Waals surface area (Å²) in [6, 6.07) is 12.3. The van der Waals surface area contributed by atoms with Crippen LogP contribution >= 0.6 is 0 Å². The lowest BCUT2D eigenvalue weighted by molar-refractivity contribution is -0.140. The number of hydrogen-bond acceptors (Lipinski definition) is 6. The molecule has 2 aliphatic rings. The Kier molecular flexibility index (Phi) is 8.23. The summed E-state index contributed by atoms with van der Waals surface area (Å²) < 4.78 is 11.0. The summed E-state index contributed by atoms with van der Waals surface area (Å²) in [4.78, 5) is 30.4. The molecule has 1 unspecified atom stereocenters. The number of hydrogen-bond donors (Lipinski definition) is 1. The summed E-state index contributed by atoms with van der Waals surface area (Å²) in [6.07, 6.45) is 2.38. The first kappa shape index (κ1) is 25.7. The molecular formula is C29H34N2O5. The van der Waals surface area contributed by atoms with Crippen molar-refractivity contribution < 1.29 is 24.2 Å². The minimum absolute atomic E-state index is 0.125. The summed E-state index contributed by atoms with van der Waals surface area (Å²) in [5, 5.41) is 11.4. The van der Waals surface area contributed by atoms with Gasteiger partial charge in [-0.05, 0) is 49.6 Å². The Hall–Kier alpha value is -3.42. The quantitative estimate of drug-likeness (QED) is 0.248. The first-order valence-corrected chi connectivity index (χ1v) is 12.4. The van der Waals surface area contributed by atoms with E-state index in [9.17, 15) is 14.7 Å². The fourth-order valence-electron chi connectivity index (χ4n) is 4.78. The van der Waals surface area contributed by atoms with Crippen LogP contribution in [-0.2, 0) is 14.3 Å². The topological polar surface area (TPSA) is 79.3 Å². The van der Waals surface area contributed by atoms with Crippen LogP contribution < -0.4 is 4.74 Å². The van der Waals surface area contributed by atoms with Crippen molar-refractivity contribution in [2.75, 3.05) is 46.0 Å². The second kappa shape index (κ2) is 11.5. The fraction of sp³-hybridized carbons (Fsp3) is 0.379. The van der Waals surface area contributed by atoms with Gasteiger partial charge in [0.2, 0.25) is 0 Å². The number of aryl methyl sites for hydroxylation is 2. The standard InChI is InChI=1S/C29H34N2O5/c1-4-16-36-23-10-8-22(9-11-23)26-25(27(32)24-19-20(2)6-7-21(24)3)28(33)29(34)31(26)13-5-12-30-14-17-35-18-15-30/h4,6-11,19,26,32H,1,5,12-18H2,2-3H3/b27-25+. The minimum atomic E-state index is -0.678. The number of rotatable bonds is 9. The highest BCUT2D eigenvalue weighted by atomic mass is 16.5. The van der Waals surface area contributed by atoms with Crippen LogP contribution in [0.3, 0.4) is 0 Å². The molecule has 1 N–H and O–H groups in total. The van der Waals surface area contributed by atoms with Crippen molar-refractivity contribution in [1.29, 1.82) is 0 Å². The number of aliphatic hydroxyl groups is 1. The van der Waals surface area contributed by atoms with E-state index in [2.05, 4.69) is 11.5 Å². The molecule has 0 spiro atoms. The van der Waals surface area contributed by atoms with Gasteiger partial charge in [0.05, 0.1) is 24.8 Å². The molecule has 7 nitrogen and oxygen atoms in total. The van der Waals surface area contributed by atoms with Crippen molar-refractivity contribution in [3.8, 4) is 5.75 Å². The summed E-state index contributed by atoms with van der Waals surface area (Å²) in [6.45, 7) is 12.2. The number of ether oxygens (including phenoxy) is 2. The van der Waals surface area contributed by atoms with E-state index in [1.807, 2.05) is 56.3 Å². The van der Waals surface area contributed by atoms with Crippen LogP contribution in [0.5, 0.6) is 5.75 Å². The maximum atomic E-state index is 13.3. The van der Waals surface area contributed by atoms with Gasteiger partial charge in [-0.2, -0.15) is 0 Å². The first-order chi connectivity index (χ1) is 17.4. The summed E-state index contributed by atoms with van der Waals surface area (Å²) in [5.74, 6) is -0.711. The minimum Gasteiger partial charge on any atom is -0.507 e.